The van der Waals surface area contributed by atoms with E-state index in [-0.39, 0.29) is 5.78 Å². The molecule has 0 aromatic carbocycles. The van der Waals surface area contributed by atoms with Crippen molar-refractivity contribution in [1.29, 1.82) is 0 Å². The smallest absolute Gasteiger partial charge is 0.234 e. The van der Waals surface area contributed by atoms with Crippen LogP contribution in [-0.4, -0.2) is 22.1 Å². The molecule has 0 heterocycles. The number of hydrogen-bond donors (Lipinski definition) is 0. The summed E-state index contributed by atoms with van der Waals surface area (Å²) in [6.45, 7) is 5.07. The molecule has 6 heteroatoms. The van der Waals surface area contributed by atoms with Crippen LogP contribution in [0.5, 0.6) is 0 Å². The molecular weight excluding hydrogens is 371 g/mol. The first kappa shape index (κ1) is 13.8. The first-order valence-corrected chi connectivity index (χ1v) is 7.29. The van der Waals surface area contributed by atoms with Crippen molar-refractivity contribution in [3.63, 3.8) is 0 Å². The SMILES string of the molecule is CC(C)(C)C(=O)[C@](Br)(I)S(C)(=O)=O. The molecule has 13 heavy (non-hydrogen) atoms. The molecule has 0 aromatic rings. The molecular formula is C7H12BrIO3S. The van der Waals surface area contributed by atoms with Gasteiger partial charge in [-0.15, -0.1) is 0 Å². The second-order valence-corrected chi connectivity index (χ2v) is 11.6. The van der Waals surface area contributed by atoms with Gasteiger partial charge in [0.1, 0.15) is 0 Å². The van der Waals surface area contributed by atoms with Crippen molar-refractivity contribution in [3.8, 4) is 0 Å². The lowest BCUT2D eigenvalue weighted by molar-refractivity contribution is -0.124. The molecule has 0 fully saturated rings. The fourth-order valence-electron chi connectivity index (χ4n) is 0.605. The van der Waals surface area contributed by atoms with Crippen molar-refractivity contribution in [2.75, 3.05) is 6.26 Å². The Morgan fingerprint density at radius 1 is 1.31 bits per heavy atom. The quantitative estimate of drug-likeness (QED) is 0.543. The van der Waals surface area contributed by atoms with Gasteiger partial charge in [0.05, 0.1) is 0 Å². The minimum absolute atomic E-state index is 0.344. The molecule has 0 radical (unpaired) electrons. The summed E-state index contributed by atoms with van der Waals surface area (Å²) in [6, 6.07) is 0. The predicted octanol–water partition coefficient (Wildman–Crippen LogP) is 2.13. The van der Waals surface area contributed by atoms with E-state index in [2.05, 4.69) is 15.9 Å². The molecule has 0 aromatic heterocycles. The summed E-state index contributed by atoms with van der Waals surface area (Å²) in [5.41, 5.74) is -0.673. The second kappa shape index (κ2) is 3.77. The van der Waals surface area contributed by atoms with E-state index in [9.17, 15) is 13.2 Å². The van der Waals surface area contributed by atoms with Gasteiger partial charge in [0.2, 0.25) is 1.66 Å². The fourth-order valence-corrected chi connectivity index (χ4v) is 2.65. The largest absolute Gasteiger partial charge is 0.295 e. The summed E-state index contributed by atoms with van der Waals surface area (Å²) < 4.78 is 21.0. The zero-order valence-electron chi connectivity index (χ0n) is 7.89. The van der Waals surface area contributed by atoms with Gasteiger partial charge in [0.25, 0.3) is 0 Å². The minimum atomic E-state index is -3.43. The van der Waals surface area contributed by atoms with Crippen LogP contribution in [0.2, 0.25) is 0 Å². The summed E-state index contributed by atoms with van der Waals surface area (Å²) in [5, 5.41) is 0. The third-order valence-electron chi connectivity index (χ3n) is 1.41. The van der Waals surface area contributed by atoms with Crippen LogP contribution in [0.25, 0.3) is 0 Å². The van der Waals surface area contributed by atoms with Gasteiger partial charge in [0.15, 0.2) is 15.6 Å². The van der Waals surface area contributed by atoms with Crippen LogP contribution < -0.4 is 0 Å². The highest BCUT2D eigenvalue weighted by atomic mass is 127. The molecule has 0 N–H and O–H groups in total. The van der Waals surface area contributed by atoms with Crippen molar-refractivity contribution in [2.45, 2.75) is 22.4 Å². The maximum absolute atomic E-state index is 11.7. The molecule has 0 aliphatic heterocycles. The first-order valence-electron chi connectivity index (χ1n) is 3.53. The van der Waals surface area contributed by atoms with E-state index in [0.717, 1.165) is 6.26 Å². The maximum atomic E-state index is 11.7. The Morgan fingerprint density at radius 3 is 1.69 bits per heavy atom. The van der Waals surface area contributed by atoms with Crippen molar-refractivity contribution in [2.24, 2.45) is 5.41 Å². The highest BCUT2D eigenvalue weighted by molar-refractivity contribution is 14.1. The number of carbonyl (C=O) groups is 1. The van der Waals surface area contributed by atoms with Crippen molar-refractivity contribution in [3.05, 3.63) is 0 Å². The Labute approximate surface area is 101 Å². The number of halogens is 2. The lowest BCUT2D eigenvalue weighted by atomic mass is 9.92. The molecule has 0 bridgehead atoms. The van der Waals surface area contributed by atoms with Gasteiger partial charge in [-0.2, -0.15) is 0 Å². The Hall–Kier alpha value is 0.830. The fraction of sp³-hybridized carbons (Fsp3) is 0.857. The van der Waals surface area contributed by atoms with E-state index in [4.69, 9.17) is 0 Å². The number of ketones is 1. The molecule has 0 aliphatic carbocycles. The summed E-state index contributed by atoms with van der Waals surface area (Å²) in [4.78, 5) is 11.7. The molecule has 1 atom stereocenters. The molecule has 0 spiro atoms. The van der Waals surface area contributed by atoms with E-state index >= 15 is 0 Å². The van der Waals surface area contributed by atoms with Gasteiger partial charge in [-0.05, 0) is 38.5 Å². The van der Waals surface area contributed by atoms with E-state index in [0.29, 0.717) is 0 Å². The molecule has 0 unspecified atom stereocenters. The van der Waals surface area contributed by atoms with Crippen LogP contribution in [0.4, 0.5) is 0 Å². The van der Waals surface area contributed by atoms with E-state index < -0.39 is 16.9 Å². The minimum Gasteiger partial charge on any atom is -0.295 e. The number of sulfone groups is 1. The van der Waals surface area contributed by atoms with Crippen molar-refractivity contribution < 1.29 is 13.2 Å². The van der Waals surface area contributed by atoms with E-state index in [1.807, 2.05) is 0 Å². The van der Waals surface area contributed by atoms with Crippen LogP contribution >= 0.6 is 38.5 Å². The highest BCUT2D eigenvalue weighted by Gasteiger charge is 2.47. The number of rotatable bonds is 2. The number of alkyl halides is 2. The van der Waals surface area contributed by atoms with Gasteiger partial charge >= 0.3 is 0 Å². The van der Waals surface area contributed by atoms with Crippen LogP contribution in [0.3, 0.4) is 0 Å². The standard InChI is InChI=1S/C7H12BrIO3S/c1-6(2,3)5(10)7(8,9)13(4,11)12/h1-4H3/t7-/m0/s1. The number of hydrogen-bond acceptors (Lipinski definition) is 3. The predicted molar refractivity (Wildman–Crippen MR) is 65.0 cm³/mol. The summed E-state index contributed by atoms with van der Waals surface area (Å²) in [5.74, 6) is -0.344. The number of carbonyl (C=O) groups excluding carboxylic acids is 1. The maximum Gasteiger partial charge on any atom is 0.234 e. The van der Waals surface area contributed by atoms with Gasteiger partial charge in [0, 0.05) is 11.7 Å². The first-order chi connectivity index (χ1) is 5.40. The summed E-state index contributed by atoms with van der Waals surface area (Å²) >= 11 is 4.57. The Kier molecular flexibility index (Phi) is 4.01. The molecule has 0 aliphatic rings. The van der Waals surface area contributed by atoms with E-state index in [1.165, 1.54) is 0 Å². The van der Waals surface area contributed by atoms with Gasteiger partial charge in [-0.3, -0.25) is 4.79 Å². The van der Waals surface area contributed by atoms with Crippen molar-refractivity contribution >= 4 is 54.1 Å². The third kappa shape index (κ3) is 3.16. The summed E-state index contributed by atoms with van der Waals surface area (Å²) in [7, 11) is -3.43. The lowest BCUT2D eigenvalue weighted by Gasteiger charge is -2.25. The zero-order valence-corrected chi connectivity index (χ0v) is 12.4. The Bertz CT molecular complexity index is 313. The van der Waals surface area contributed by atoms with Crippen LogP contribution in [0, 0.1) is 5.41 Å². The topological polar surface area (TPSA) is 51.2 Å². The molecule has 0 amide bonds. The van der Waals surface area contributed by atoms with Gasteiger partial charge in [-0.1, -0.05) is 20.8 Å². The van der Waals surface area contributed by atoms with Crippen LogP contribution in [0.1, 0.15) is 20.8 Å². The molecule has 0 saturated carbocycles. The molecule has 0 rings (SSSR count). The van der Waals surface area contributed by atoms with Crippen molar-refractivity contribution in [1.82, 2.24) is 0 Å². The Morgan fingerprint density at radius 2 is 1.62 bits per heavy atom. The van der Waals surface area contributed by atoms with Gasteiger partial charge < -0.3 is 0 Å². The highest BCUT2D eigenvalue weighted by Crippen LogP contribution is 2.39. The van der Waals surface area contributed by atoms with Gasteiger partial charge in [-0.25, -0.2) is 8.42 Å². The van der Waals surface area contributed by atoms with Crippen LogP contribution in [-0.2, 0) is 14.6 Å². The second-order valence-electron chi connectivity index (χ2n) is 3.87. The average molecular weight is 383 g/mol. The third-order valence-corrected chi connectivity index (χ3v) is 7.54. The normalized spacial score (nSPS) is 18.0. The zero-order chi connectivity index (χ0) is 11.1. The lowest BCUT2D eigenvalue weighted by Crippen LogP contribution is -2.41. The molecule has 0 saturated heterocycles. The van der Waals surface area contributed by atoms with E-state index in [1.54, 1.807) is 43.4 Å². The summed E-state index contributed by atoms with van der Waals surface area (Å²) in [6.07, 6.45) is 1.04. The monoisotopic (exact) mass is 382 g/mol. The van der Waals surface area contributed by atoms with Crippen LogP contribution in [0.15, 0.2) is 0 Å². The number of Topliss-reactive ketones (excluding diaryl/α,β-unsaturated/α-hetero) is 1. The average Bonchev–Trinajstić information content (AvgIpc) is 1.81. The molecule has 3 nitrogen and oxygen atoms in total. The molecule has 78 valence electrons. The Balaban J connectivity index is 5.23.